The summed E-state index contributed by atoms with van der Waals surface area (Å²) in [6, 6.07) is 0.985. The molecule has 1 saturated heterocycles. The van der Waals surface area contributed by atoms with Crippen LogP contribution in [0.15, 0.2) is 0 Å². The molecule has 2 aliphatic rings. The highest BCUT2D eigenvalue weighted by Crippen LogP contribution is 2.22. The van der Waals surface area contributed by atoms with Crippen molar-refractivity contribution < 1.29 is 9.90 Å². The Morgan fingerprint density at radius 2 is 1.95 bits per heavy atom. The maximum absolute atomic E-state index is 11.3. The van der Waals surface area contributed by atoms with Gasteiger partial charge in [0.25, 0.3) is 0 Å². The number of aliphatic carboxylic acids is 1. The molecule has 0 amide bonds. The number of nitrogens with one attached hydrogen (secondary N) is 1. The summed E-state index contributed by atoms with van der Waals surface area (Å²) in [6.07, 6.45) is 8.44. The predicted molar refractivity (Wildman–Crippen MR) is 76.3 cm³/mol. The Morgan fingerprint density at radius 3 is 2.58 bits per heavy atom. The predicted octanol–water partition coefficient (Wildman–Crippen LogP) is 2.09. The second-order valence-electron chi connectivity index (χ2n) is 6.23. The molecule has 1 heterocycles. The number of rotatable bonds is 5. The molecule has 2 atom stereocenters. The minimum atomic E-state index is -0.628. The number of likely N-dealkylation sites (tertiary alicyclic amines) is 1. The highest BCUT2D eigenvalue weighted by molar-refractivity contribution is 5.70. The van der Waals surface area contributed by atoms with E-state index in [1.165, 1.54) is 32.1 Å². The Hall–Kier alpha value is -0.610. The topological polar surface area (TPSA) is 52.6 Å². The molecular formula is C15H28N2O2. The van der Waals surface area contributed by atoms with Gasteiger partial charge in [0.05, 0.1) is 5.92 Å². The minimum absolute atomic E-state index is 0.193. The van der Waals surface area contributed by atoms with Gasteiger partial charge in [-0.1, -0.05) is 26.2 Å². The molecule has 0 aromatic carbocycles. The zero-order valence-electron chi connectivity index (χ0n) is 12.1. The lowest BCUT2D eigenvalue weighted by molar-refractivity contribution is -0.144. The molecule has 0 aromatic rings. The third-order valence-electron chi connectivity index (χ3n) is 4.49. The highest BCUT2D eigenvalue weighted by atomic mass is 16.4. The third kappa shape index (κ3) is 4.46. The molecule has 4 heteroatoms. The van der Waals surface area contributed by atoms with Gasteiger partial charge in [0.1, 0.15) is 0 Å². The van der Waals surface area contributed by atoms with Crippen molar-refractivity contribution in [3.8, 4) is 0 Å². The van der Waals surface area contributed by atoms with E-state index in [0.717, 1.165) is 32.5 Å². The monoisotopic (exact) mass is 268 g/mol. The molecule has 4 nitrogen and oxygen atoms in total. The number of carbonyl (C=O) groups is 1. The molecule has 0 aromatic heterocycles. The van der Waals surface area contributed by atoms with Crippen molar-refractivity contribution in [2.45, 2.75) is 64.0 Å². The Balaban J connectivity index is 1.88. The van der Waals surface area contributed by atoms with E-state index in [4.69, 9.17) is 0 Å². The van der Waals surface area contributed by atoms with Crippen LogP contribution in [0.2, 0.25) is 0 Å². The fourth-order valence-corrected chi connectivity index (χ4v) is 3.59. The van der Waals surface area contributed by atoms with E-state index in [1.54, 1.807) is 0 Å². The highest BCUT2D eigenvalue weighted by Gasteiger charge is 2.32. The van der Waals surface area contributed by atoms with Crippen LogP contribution in [-0.2, 0) is 4.79 Å². The lowest BCUT2D eigenvalue weighted by Crippen LogP contribution is -2.53. The molecule has 0 radical (unpaired) electrons. The van der Waals surface area contributed by atoms with Crippen molar-refractivity contribution >= 4 is 5.97 Å². The first-order chi connectivity index (χ1) is 9.19. The third-order valence-corrected chi connectivity index (χ3v) is 4.49. The zero-order chi connectivity index (χ0) is 13.7. The van der Waals surface area contributed by atoms with Gasteiger partial charge in [-0.2, -0.15) is 0 Å². The fraction of sp³-hybridized carbons (Fsp3) is 0.933. The van der Waals surface area contributed by atoms with Gasteiger partial charge in [0, 0.05) is 25.2 Å². The van der Waals surface area contributed by atoms with Crippen LogP contribution in [0, 0.1) is 5.92 Å². The number of hydrogen-bond acceptors (Lipinski definition) is 3. The van der Waals surface area contributed by atoms with Crippen LogP contribution in [0.1, 0.15) is 51.9 Å². The molecule has 0 spiro atoms. The summed E-state index contributed by atoms with van der Waals surface area (Å²) in [5.41, 5.74) is 0. The lowest BCUT2D eigenvalue weighted by atomic mass is 9.90. The minimum Gasteiger partial charge on any atom is -0.481 e. The Bertz CT molecular complexity index is 290. The maximum atomic E-state index is 11.3. The van der Waals surface area contributed by atoms with E-state index < -0.39 is 5.97 Å². The van der Waals surface area contributed by atoms with Crippen molar-refractivity contribution in [1.29, 1.82) is 0 Å². The first kappa shape index (κ1) is 14.8. The van der Waals surface area contributed by atoms with Crippen molar-refractivity contribution in [2.24, 2.45) is 5.92 Å². The van der Waals surface area contributed by atoms with E-state index >= 15 is 0 Å². The van der Waals surface area contributed by atoms with Crippen LogP contribution in [0.25, 0.3) is 0 Å². The van der Waals surface area contributed by atoms with Crippen LogP contribution in [0.4, 0.5) is 0 Å². The fourth-order valence-electron chi connectivity index (χ4n) is 3.59. The van der Waals surface area contributed by atoms with Gasteiger partial charge in [0.15, 0.2) is 0 Å². The summed E-state index contributed by atoms with van der Waals surface area (Å²) in [7, 11) is 0. The summed E-state index contributed by atoms with van der Waals surface area (Å²) in [5.74, 6) is -0.822. The van der Waals surface area contributed by atoms with Gasteiger partial charge < -0.3 is 15.3 Å². The van der Waals surface area contributed by atoms with Crippen molar-refractivity contribution in [2.75, 3.05) is 19.6 Å². The second-order valence-corrected chi connectivity index (χ2v) is 6.23. The summed E-state index contributed by atoms with van der Waals surface area (Å²) in [5, 5.41) is 13.0. The van der Waals surface area contributed by atoms with Crippen LogP contribution < -0.4 is 5.32 Å². The van der Waals surface area contributed by atoms with Crippen molar-refractivity contribution in [3.05, 3.63) is 0 Å². The van der Waals surface area contributed by atoms with Crippen LogP contribution in [-0.4, -0.2) is 47.7 Å². The molecule has 2 rings (SSSR count). The number of hydrogen-bond donors (Lipinski definition) is 2. The first-order valence-electron chi connectivity index (χ1n) is 7.90. The quantitative estimate of drug-likeness (QED) is 0.801. The molecule has 2 N–H and O–H groups in total. The second kappa shape index (κ2) is 7.25. The van der Waals surface area contributed by atoms with E-state index in [-0.39, 0.29) is 5.92 Å². The van der Waals surface area contributed by atoms with E-state index in [1.807, 2.05) is 0 Å². The smallest absolute Gasteiger partial charge is 0.307 e. The number of carboxylic acid groups (broad SMARTS) is 1. The molecule has 110 valence electrons. The normalized spacial score (nSPS) is 30.4. The van der Waals surface area contributed by atoms with Crippen LogP contribution >= 0.6 is 0 Å². The van der Waals surface area contributed by atoms with Gasteiger partial charge in [-0.05, 0) is 32.2 Å². The maximum Gasteiger partial charge on any atom is 0.307 e. The molecular weight excluding hydrogens is 240 g/mol. The Kier molecular flexibility index (Phi) is 5.64. The number of carboxylic acids is 1. The first-order valence-corrected chi connectivity index (χ1v) is 7.90. The molecule has 2 unspecified atom stereocenters. The largest absolute Gasteiger partial charge is 0.481 e. The average Bonchev–Trinajstić information content (AvgIpc) is 2.40. The number of nitrogens with zero attached hydrogens (tertiary/aromatic N) is 1. The Morgan fingerprint density at radius 1 is 1.21 bits per heavy atom. The standard InChI is InChI=1S/C15H28N2O2/c1-2-8-17-10-12(15(18)19)9-14(11-17)16-13-6-4-3-5-7-13/h12-14,16H,2-11H2,1H3,(H,18,19). The molecule has 0 bridgehead atoms. The molecule has 1 saturated carbocycles. The van der Waals surface area contributed by atoms with Gasteiger partial charge in [0.2, 0.25) is 0 Å². The van der Waals surface area contributed by atoms with Gasteiger partial charge in [-0.3, -0.25) is 4.79 Å². The number of piperidine rings is 1. The van der Waals surface area contributed by atoms with Gasteiger partial charge in [-0.25, -0.2) is 0 Å². The molecule has 1 aliphatic carbocycles. The van der Waals surface area contributed by atoms with E-state index in [0.29, 0.717) is 12.1 Å². The van der Waals surface area contributed by atoms with Crippen molar-refractivity contribution in [1.82, 2.24) is 10.2 Å². The molecule has 1 aliphatic heterocycles. The van der Waals surface area contributed by atoms with Crippen LogP contribution in [0.3, 0.4) is 0 Å². The van der Waals surface area contributed by atoms with E-state index in [2.05, 4.69) is 17.1 Å². The summed E-state index contributed by atoms with van der Waals surface area (Å²) < 4.78 is 0. The summed E-state index contributed by atoms with van der Waals surface area (Å²) in [4.78, 5) is 13.6. The van der Waals surface area contributed by atoms with Crippen molar-refractivity contribution in [3.63, 3.8) is 0 Å². The van der Waals surface area contributed by atoms with Crippen LogP contribution in [0.5, 0.6) is 0 Å². The van der Waals surface area contributed by atoms with Gasteiger partial charge >= 0.3 is 5.97 Å². The lowest BCUT2D eigenvalue weighted by Gasteiger charge is -2.38. The average molecular weight is 268 g/mol. The molecule has 2 fully saturated rings. The SMILES string of the molecule is CCCN1CC(NC2CCCCC2)CC(C(=O)O)C1. The molecule has 19 heavy (non-hydrogen) atoms. The zero-order valence-corrected chi connectivity index (χ0v) is 12.1. The van der Waals surface area contributed by atoms with Gasteiger partial charge in [-0.15, -0.1) is 0 Å². The summed E-state index contributed by atoms with van der Waals surface area (Å²) in [6.45, 7) is 4.93. The Labute approximate surface area is 116 Å². The summed E-state index contributed by atoms with van der Waals surface area (Å²) >= 11 is 0. The van der Waals surface area contributed by atoms with E-state index in [9.17, 15) is 9.90 Å².